The molecule has 0 aliphatic carbocycles. The molecule has 2 aromatic rings. The van der Waals surface area contributed by atoms with Crippen LogP contribution in [0.3, 0.4) is 0 Å². The Hall–Kier alpha value is -1.47. The molecule has 0 bridgehead atoms. The Morgan fingerprint density at radius 3 is 2.73 bits per heavy atom. The van der Waals surface area contributed by atoms with Crippen molar-refractivity contribution in [3.63, 3.8) is 0 Å². The predicted molar refractivity (Wildman–Crippen MR) is 94.5 cm³/mol. The van der Waals surface area contributed by atoms with Crippen LogP contribution in [0.2, 0.25) is 5.02 Å². The van der Waals surface area contributed by atoms with Crippen LogP contribution < -0.4 is 4.90 Å². The lowest BCUT2D eigenvalue weighted by atomic mass is 10.00. The van der Waals surface area contributed by atoms with E-state index < -0.39 is 0 Å². The van der Waals surface area contributed by atoms with Crippen molar-refractivity contribution in [2.24, 2.45) is 4.99 Å². The fourth-order valence-electron chi connectivity index (χ4n) is 2.37. The second kappa shape index (κ2) is 5.96. The van der Waals surface area contributed by atoms with Crippen molar-refractivity contribution in [3.05, 3.63) is 61.9 Å². The maximum Gasteiger partial charge on any atom is 0.248 e. The predicted octanol–water partition coefficient (Wildman–Crippen LogP) is 3.90. The molecule has 112 valence electrons. The monoisotopic (exact) mass is 421 g/mol. The van der Waals surface area contributed by atoms with E-state index in [1.54, 1.807) is 31.3 Å². The van der Waals surface area contributed by atoms with Crippen LogP contribution in [0.5, 0.6) is 0 Å². The van der Waals surface area contributed by atoms with Crippen LogP contribution in [0, 0.1) is 9.39 Å². The van der Waals surface area contributed by atoms with Crippen LogP contribution in [0.1, 0.15) is 11.1 Å². The van der Waals surface area contributed by atoms with Gasteiger partial charge >= 0.3 is 0 Å². The number of rotatable bonds is 1. The van der Waals surface area contributed by atoms with Gasteiger partial charge in [0.15, 0.2) is 0 Å². The van der Waals surface area contributed by atoms with Crippen LogP contribution in [-0.2, 0) is 4.79 Å². The molecule has 22 heavy (non-hydrogen) atoms. The standard InChI is InChI=1S/C16H11ClFIN2O/c1-21-14-5-2-9(17)6-12(14)16(20-8-15(21)22)11-4-3-10(19)7-13(11)18/h2-7H,8H2,1H3/i18-1,19-6. The number of hydrogen-bond donors (Lipinski definition) is 0. The van der Waals surface area contributed by atoms with Crippen molar-refractivity contribution in [1.29, 1.82) is 0 Å². The van der Waals surface area contributed by atoms with E-state index in [-0.39, 0.29) is 18.3 Å². The first kappa shape index (κ1) is 15.4. The zero-order valence-electron chi connectivity index (χ0n) is 11.6. The van der Waals surface area contributed by atoms with Crippen LogP contribution in [0.4, 0.5) is 10.1 Å². The van der Waals surface area contributed by atoms with E-state index in [4.69, 9.17) is 11.6 Å². The second-order valence-electron chi connectivity index (χ2n) is 4.90. The summed E-state index contributed by atoms with van der Waals surface area (Å²) < 4.78 is 15.1. The minimum Gasteiger partial charge on any atom is -0.313 e. The Labute approximate surface area is 145 Å². The quantitative estimate of drug-likeness (QED) is 0.643. The number of benzene rings is 2. The molecule has 6 heteroatoms. The van der Waals surface area contributed by atoms with Gasteiger partial charge in [-0.05, 0) is 59.0 Å². The van der Waals surface area contributed by atoms with Crippen LogP contribution in [0.15, 0.2) is 41.4 Å². The molecular formula is C16H11ClFIN2O. The van der Waals surface area contributed by atoms with E-state index in [9.17, 15) is 9.18 Å². The van der Waals surface area contributed by atoms with Crippen LogP contribution in [-0.4, -0.2) is 25.2 Å². The number of likely N-dealkylation sites (N-methyl/N-ethyl adjacent to an activating group) is 1. The second-order valence-corrected chi connectivity index (χ2v) is 6.59. The number of benzodiazepines with no additional fused rings is 1. The number of fused-ring (bicyclic) bond motifs is 1. The van der Waals surface area contributed by atoms with Crippen molar-refractivity contribution in [2.75, 3.05) is 18.5 Å². The summed E-state index contributed by atoms with van der Waals surface area (Å²) in [4.78, 5) is 17.9. The Balaban J connectivity index is 2.25. The van der Waals surface area contributed by atoms with Gasteiger partial charge in [0.1, 0.15) is 12.4 Å². The van der Waals surface area contributed by atoms with E-state index in [2.05, 4.69) is 4.99 Å². The molecule has 0 N–H and O–H groups in total. The lowest BCUT2D eigenvalue weighted by molar-refractivity contribution is -0.116. The third-order valence-electron chi connectivity index (χ3n) is 3.51. The minimum absolute atomic E-state index is 0.0242. The van der Waals surface area contributed by atoms with Crippen molar-refractivity contribution >= 4 is 51.5 Å². The summed E-state index contributed by atoms with van der Waals surface area (Å²) in [5.41, 5.74) is 2.14. The molecule has 0 aromatic heterocycles. The van der Waals surface area contributed by atoms with Gasteiger partial charge in [-0.15, -0.1) is 0 Å². The van der Waals surface area contributed by atoms with Gasteiger partial charge in [0.2, 0.25) is 5.91 Å². The highest BCUT2D eigenvalue weighted by Gasteiger charge is 2.24. The number of aliphatic imine (C=N–C) groups is 1. The largest absolute Gasteiger partial charge is 0.313 e. The summed E-state index contributed by atoms with van der Waals surface area (Å²) in [6.07, 6.45) is 0. The molecule has 0 radical (unpaired) electrons. The number of hydrogen-bond acceptors (Lipinski definition) is 2. The van der Waals surface area contributed by atoms with Gasteiger partial charge in [-0.25, -0.2) is 4.39 Å². The summed E-state index contributed by atoms with van der Waals surface area (Å²) >= 11 is 8.13. The minimum atomic E-state index is -0.367. The highest BCUT2D eigenvalue weighted by Crippen LogP contribution is 2.29. The maximum absolute atomic E-state index is 14.3. The highest BCUT2D eigenvalue weighted by molar-refractivity contribution is 14.1. The molecule has 1 amide bonds. The zero-order valence-corrected chi connectivity index (χ0v) is 14.5. The molecule has 2 aromatic carbocycles. The first-order valence-electron chi connectivity index (χ1n) is 6.53. The van der Waals surface area contributed by atoms with Crippen molar-refractivity contribution in [2.45, 2.75) is 0 Å². The zero-order chi connectivity index (χ0) is 15.9. The van der Waals surface area contributed by atoms with E-state index in [1.807, 2.05) is 28.7 Å². The molecule has 0 atom stereocenters. The Morgan fingerprint density at radius 2 is 2.00 bits per heavy atom. The van der Waals surface area contributed by atoms with E-state index >= 15 is 0 Å². The van der Waals surface area contributed by atoms with Crippen molar-refractivity contribution in [3.8, 4) is 0 Å². The molecule has 3 nitrogen and oxygen atoms in total. The highest BCUT2D eigenvalue weighted by atomic mass is 121. The summed E-state index contributed by atoms with van der Waals surface area (Å²) in [6.45, 7) is -0.0242. The maximum atomic E-state index is 14.3. The lowest BCUT2D eigenvalue weighted by Crippen LogP contribution is -2.27. The van der Waals surface area contributed by atoms with Gasteiger partial charge in [-0.3, -0.25) is 9.79 Å². The van der Waals surface area contributed by atoms with Crippen LogP contribution in [0.25, 0.3) is 0 Å². The van der Waals surface area contributed by atoms with Gasteiger partial charge in [-0.2, -0.15) is 0 Å². The SMILES string of the molecule is CN1C(=O)CN=C(c2ccc([121I])cc2[18F])c2cc(Cl)ccc21. The normalized spacial score (nSPS) is 14.5. The smallest absolute Gasteiger partial charge is 0.248 e. The van der Waals surface area contributed by atoms with Gasteiger partial charge < -0.3 is 4.90 Å². The molecule has 1 aliphatic heterocycles. The van der Waals surface area contributed by atoms with Gasteiger partial charge in [0.25, 0.3) is 0 Å². The average Bonchev–Trinajstić information content (AvgIpc) is 2.58. The number of amides is 1. The Bertz CT molecular complexity index is 807. The first-order valence-corrected chi connectivity index (χ1v) is 7.99. The van der Waals surface area contributed by atoms with Gasteiger partial charge in [-0.1, -0.05) is 11.6 Å². The summed E-state index contributed by atoms with van der Waals surface area (Å²) in [7, 11) is 1.68. The Morgan fingerprint density at radius 1 is 1.23 bits per heavy atom. The molecular weight excluding hydrogens is 411 g/mol. The lowest BCUT2D eigenvalue weighted by Gasteiger charge is -2.18. The topological polar surface area (TPSA) is 32.7 Å². The summed E-state index contributed by atoms with van der Waals surface area (Å²) in [5, 5.41) is 0.514. The molecule has 3 rings (SSSR count). The first-order chi connectivity index (χ1) is 10.5. The fraction of sp³-hybridized carbons (Fsp3) is 0.125. The number of halogens is 3. The number of nitrogens with zero attached hydrogens (tertiary/aromatic N) is 2. The van der Waals surface area contributed by atoms with Gasteiger partial charge in [0, 0.05) is 26.8 Å². The molecule has 1 heterocycles. The molecule has 0 saturated carbocycles. The number of carbonyl (C=O) groups excluding carboxylic acids is 1. The Kier molecular flexibility index (Phi) is 4.18. The molecule has 0 fully saturated rings. The third kappa shape index (κ3) is 2.75. The molecule has 0 unspecified atom stereocenters. The van der Waals surface area contributed by atoms with E-state index in [1.165, 1.54) is 11.0 Å². The summed E-state index contributed by atoms with van der Waals surface area (Å²) in [6, 6.07) is 10.1. The molecule has 1 aliphatic rings. The number of anilines is 1. The number of carbonyl (C=O) groups is 1. The van der Waals surface area contributed by atoms with Crippen molar-refractivity contribution < 1.29 is 9.18 Å². The molecule has 0 spiro atoms. The fourth-order valence-corrected chi connectivity index (χ4v) is 3.00. The summed E-state index contributed by atoms with van der Waals surface area (Å²) in [5.74, 6) is -0.516. The molecule has 0 saturated heterocycles. The third-order valence-corrected chi connectivity index (χ3v) is 4.41. The van der Waals surface area contributed by atoms with E-state index in [0.717, 1.165) is 3.57 Å². The van der Waals surface area contributed by atoms with Crippen molar-refractivity contribution in [1.82, 2.24) is 0 Å². The van der Waals surface area contributed by atoms with E-state index in [0.29, 0.717) is 27.5 Å². The average molecular weight is 422 g/mol. The van der Waals surface area contributed by atoms with Gasteiger partial charge in [0.05, 0.1) is 11.4 Å². The van der Waals surface area contributed by atoms with Crippen LogP contribution >= 0.6 is 34.2 Å².